The Bertz CT molecular complexity index is 1230. The van der Waals surface area contributed by atoms with Crippen molar-refractivity contribution in [1.82, 2.24) is 9.55 Å². The molecule has 0 saturated carbocycles. The van der Waals surface area contributed by atoms with Gasteiger partial charge in [-0.05, 0) is 47.6 Å². The molecule has 142 valence electrons. The fraction of sp³-hybridized carbons (Fsp3) is 0.304. The van der Waals surface area contributed by atoms with Crippen molar-refractivity contribution in [2.45, 2.75) is 50.1 Å². The van der Waals surface area contributed by atoms with Crippen molar-refractivity contribution in [3.8, 4) is 0 Å². The first-order valence-corrected chi connectivity index (χ1v) is 11.7. The van der Waals surface area contributed by atoms with Gasteiger partial charge in [-0.25, -0.2) is 4.98 Å². The molecule has 2 aromatic heterocycles. The van der Waals surface area contributed by atoms with Gasteiger partial charge in [-0.1, -0.05) is 61.2 Å². The first kappa shape index (κ1) is 18.0. The summed E-state index contributed by atoms with van der Waals surface area (Å²) in [4.78, 5) is 20.6. The number of hydrogen-bond acceptors (Lipinski definition) is 4. The zero-order valence-electron chi connectivity index (χ0n) is 15.9. The molecule has 28 heavy (non-hydrogen) atoms. The summed E-state index contributed by atoms with van der Waals surface area (Å²) < 4.78 is 1.91. The van der Waals surface area contributed by atoms with Gasteiger partial charge in [-0.15, -0.1) is 11.3 Å². The summed E-state index contributed by atoms with van der Waals surface area (Å²) in [5, 5.41) is 4.27. The molecule has 5 rings (SSSR count). The number of aromatic nitrogens is 2. The van der Waals surface area contributed by atoms with E-state index < -0.39 is 0 Å². The van der Waals surface area contributed by atoms with E-state index in [2.05, 4.69) is 49.4 Å². The van der Waals surface area contributed by atoms with Crippen molar-refractivity contribution in [1.29, 1.82) is 0 Å². The van der Waals surface area contributed by atoms with Gasteiger partial charge in [0.25, 0.3) is 5.56 Å². The van der Waals surface area contributed by atoms with Crippen LogP contribution in [0.4, 0.5) is 0 Å². The highest BCUT2D eigenvalue weighted by Crippen LogP contribution is 2.36. The van der Waals surface area contributed by atoms with Crippen LogP contribution in [0.1, 0.15) is 35.8 Å². The first-order valence-electron chi connectivity index (χ1n) is 9.90. The van der Waals surface area contributed by atoms with Gasteiger partial charge in [0.05, 0.1) is 5.39 Å². The van der Waals surface area contributed by atoms with Crippen LogP contribution in [0, 0.1) is 0 Å². The van der Waals surface area contributed by atoms with Gasteiger partial charge in [0.1, 0.15) is 4.83 Å². The van der Waals surface area contributed by atoms with Crippen molar-refractivity contribution in [2.24, 2.45) is 0 Å². The van der Waals surface area contributed by atoms with E-state index >= 15 is 0 Å². The molecule has 3 nitrogen and oxygen atoms in total. The molecule has 0 saturated heterocycles. The monoisotopic (exact) mass is 406 g/mol. The predicted molar refractivity (Wildman–Crippen MR) is 120 cm³/mol. The maximum atomic E-state index is 13.3. The normalized spacial score (nSPS) is 13.5. The molecule has 1 aliphatic carbocycles. The minimum atomic E-state index is 0.159. The van der Waals surface area contributed by atoms with Crippen molar-refractivity contribution < 1.29 is 0 Å². The van der Waals surface area contributed by atoms with Crippen molar-refractivity contribution in [2.75, 3.05) is 0 Å². The Labute approximate surface area is 172 Å². The minimum Gasteiger partial charge on any atom is -0.287 e. The average Bonchev–Trinajstić information content (AvgIpc) is 3.29. The molecule has 4 aromatic rings. The lowest BCUT2D eigenvalue weighted by Crippen LogP contribution is -2.23. The largest absolute Gasteiger partial charge is 0.287 e. The van der Waals surface area contributed by atoms with E-state index in [0.29, 0.717) is 0 Å². The standard InChI is InChI=1S/C23H22N2OS2/c1-2-13-25-22(26)20-18-11-6-12-19(18)28-21(20)24-23(25)27-14-16-9-5-8-15-7-3-4-10-17(15)16/h3-5,7-10H,2,6,11-14H2,1H3. The second-order valence-electron chi connectivity index (χ2n) is 7.32. The van der Waals surface area contributed by atoms with Crippen molar-refractivity contribution in [3.05, 3.63) is 68.8 Å². The Hall–Kier alpha value is -2.11. The number of nitrogens with zero attached hydrogens (tertiary/aromatic N) is 2. The van der Waals surface area contributed by atoms with Crippen molar-refractivity contribution in [3.63, 3.8) is 0 Å². The molecule has 0 spiro atoms. The molecule has 2 aromatic carbocycles. The van der Waals surface area contributed by atoms with Crippen LogP contribution in [-0.4, -0.2) is 9.55 Å². The van der Waals surface area contributed by atoms with Crippen LogP contribution < -0.4 is 5.56 Å². The maximum Gasteiger partial charge on any atom is 0.263 e. The van der Waals surface area contributed by atoms with E-state index in [1.54, 1.807) is 23.1 Å². The molecule has 5 heteroatoms. The summed E-state index contributed by atoms with van der Waals surface area (Å²) in [5.74, 6) is 0.814. The molecule has 0 radical (unpaired) electrons. The van der Waals surface area contributed by atoms with E-state index in [1.807, 2.05) is 4.57 Å². The zero-order chi connectivity index (χ0) is 19.1. The third kappa shape index (κ3) is 2.97. The van der Waals surface area contributed by atoms with Gasteiger partial charge in [-0.3, -0.25) is 9.36 Å². The number of rotatable bonds is 5. The van der Waals surface area contributed by atoms with Crippen LogP contribution in [0.2, 0.25) is 0 Å². The van der Waals surface area contributed by atoms with Gasteiger partial charge in [-0.2, -0.15) is 0 Å². The Morgan fingerprint density at radius 3 is 2.89 bits per heavy atom. The molecule has 0 bridgehead atoms. The first-order chi connectivity index (χ1) is 13.8. The number of aryl methyl sites for hydroxylation is 2. The SMILES string of the molecule is CCCn1c(SCc2cccc3ccccc23)nc2sc3c(c2c1=O)CCC3. The Kier molecular flexibility index (Phi) is 4.73. The maximum absolute atomic E-state index is 13.3. The minimum absolute atomic E-state index is 0.159. The van der Waals surface area contributed by atoms with E-state index in [-0.39, 0.29) is 5.56 Å². The molecular weight excluding hydrogens is 384 g/mol. The lowest BCUT2D eigenvalue weighted by molar-refractivity contribution is 0.585. The number of hydrogen-bond donors (Lipinski definition) is 0. The van der Waals surface area contributed by atoms with E-state index in [9.17, 15) is 4.79 Å². The summed E-state index contributed by atoms with van der Waals surface area (Å²) >= 11 is 3.41. The molecule has 0 aliphatic heterocycles. The van der Waals surface area contributed by atoms with Gasteiger partial charge in [0, 0.05) is 17.2 Å². The highest BCUT2D eigenvalue weighted by atomic mass is 32.2. The molecule has 2 heterocycles. The topological polar surface area (TPSA) is 34.9 Å². The fourth-order valence-electron chi connectivity index (χ4n) is 4.15. The summed E-state index contributed by atoms with van der Waals surface area (Å²) in [5.41, 5.74) is 2.72. The lowest BCUT2D eigenvalue weighted by Gasteiger charge is -2.12. The summed E-state index contributed by atoms with van der Waals surface area (Å²) in [6.07, 6.45) is 4.23. The molecule has 0 unspecified atom stereocenters. The molecular formula is C23H22N2OS2. The second kappa shape index (κ2) is 7.37. The lowest BCUT2D eigenvalue weighted by atomic mass is 10.1. The fourth-order valence-corrected chi connectivity index (χ4v) is 6.48. The Morgan fingerprint density at radius 2 is 2.00 bits per heavy atom. The Balaban J connectivity index is 1.56. The zero-order valence-corrected chi connectivity index (χ0v) is 17.5. The van der Waals surface area contributed by atoms with Gasteiger partial charge >= 0.3 is 0 Å². The quantitative estimate of drug-likeness (QED) is 0.310. The van der Waals surface area contributed by atoms with E-state index in [4.69, 9.17) is 4.98 Å². The van der Waals surface area contributed by atoms with E-state index in [1.165, 1.54) is 33.2 Å². The van der Waals surface area contributed by atoms with Crippen LogP contribution in [0.25, 0.3) is 21.0 Å². The third-order valence-corrected chi connectivity index (χ3v) is 7.68. The van der Waals surface area contributed by atoms with Crippen molar-refractivity contribution >= 4 is 44.1 Å². The number of fused-ring (bicyclic) bond motifs is 4. The molecule has 1 aliphatic rings. The van der Waals surface area contributed by atoms with Gasteiger partial charge in [0.2, 0.25) is 0 Å². The highest BCUT2D eigenvalue weighted by Gasteiger charge is 2.23. The summed E-state index contributed by atoms with van der Waals surface area (Å²) in [6, 6.07) is 14.9. The number of thiophene rings is 1. The second-order valence-corrected chi connectivity index (χ2v) is 9.34. The third-order valence-electron chi connectivity index (χ3n) is 5.47. The highest BCUT2D eigenvalue weighted by molar-refractivity contribution is 7.98. The van der Waals surface area contributed by atoms with Crippen LogP contribution >= 0.6 is 23.1 Å². The van der Waals surface area contributed by atoms with Gasteiger partial charge in [0.15, 0.2) is 5.16 Å². The molecule has 0 N–H and O–H groups in total. The molecule has 0 fully saturated rings. The predicted octanol–water partition coefficient (Wildman–Crippen LogP) is 5.80. The smallest absolute Gasteiger partial charge is 0.263 e. The summed E-state index contributed by atoms with van der Waals surface area (Å²) in [7, 11) is 0. The number of thioether (sulfide) groups is 1. The molecule has 0 amide bonds. The molecule has 0 atom stereocenters. The Morgan fingerprint density at radius 1 is 1.14 bits per heavy atom. The van der Waals surface area contributed by atoms with Crippen LogP contribution in [0.15, 0.2) is 52.4 Å². The van der Waals surface area contributed by atoms with Crippen LogP contribution in [-0.2, 0) is 25.1 Å². The van der Waals surface area contributed by atoms with Crippen LogP contribution in [0.3, 0.4) is 0 Å². The summed E-state index contributed by atoms with van der Waals surface area (Å²) in [6.45, 7) is 2.85. The van der Waals surface area contributed by atoms with E-state index in [0.717, 1.165) is 46.9 Å². The van der Waals surface area contributed by atoms with Crippen LogP contribution in [0.5, 0.6) is 0 Å². The number of benzene rings is 2. The van der Waals surface area contributed by atoms with Gasteiger partial charge < -0.3 is 0 Å². The average molecular weight is 407 g/mol.